The molecule has 2 aliphatic rings. The van der Waals surface area contributed by atoms with Gasteiger partial charge in [0.25, 0.3) is 15.7 Å². The summed E-state index contributed by atoms with van der Waals surface area (Å²) >= 11 is 0. The SMILES string of the molecule is COC(=O)c1c(C)cc(-c2cc(C(=O)N[C@@H]3[C@H]4CC[C@H](C4)[C@@H]3C(=O)Nc3cccc(S(=O)(=O)C(F)(F)F)c3)c(OC)cc2F)cc1C. The summed E-state index contributed by atoms with van der Waals surface area (Å²) in [5.41, 5.74) is -3.72. The molecular weight excluding hydrogens is 644 g/mol. The van der Waals surface area contributed by atoms with Gasteiger partial charge in [0, 0.05) is 23.4 Å². The Morgan fingerprint density at radius 1 is 0.936 bits per heavy atom. The third kappa shape index (κ3) is 6.30. The normalized spacial score (nSPS) is 20.5. The predicted octanol–water partition coefficient (Wildman–Crippen LogP) is 5.98. The lowest BCUT2D eigenvalue weighted by molar-refractivity contribution is -0.122. The van der Waals surface area contributed by atoms with Gasteiger partial charge in [-0.25, -0.2) is 17.6 Å². The van der Waals surface area contributed by atoms with E-state index < -0.39 is 55.8 Å². The standard InChI is InChI=1S/C33H32F4N2O7S/c1-16-10-20(11-17(2)27(16)32(42)46-4)23-14-24(26(45-3)15-25(23)34)30(40)39-29-19-9-8-18(12-19)28(29)31(41)38-21-6-5-7-22(13-21)47(43,44)33(35,36)37/h5-7,10-11,13-15,18-19,28-29H,8-9,12H2,1-4H3,(H,38,41)(H,39,40)/t18-,19+,28+,29-/m1/s1. The minimum Gasteiger partial charge on any atom is -0.496 e. The van der Waals surface area contributed by atoms with Crippen molar-refractivity contribution in [2.24, 2.45) is 17.8 Å². The number of ether oxygens (including phenoxy) is 2. The minimum atomic E-state index is -5.63. The van der Waals surface area contributed by atoms with E-state index in [-0.39, 0.29) is 34.4 Å². The van der Waals surface area contributed by atoms with Gasteiger partial charge >= 0.3 is 11.5 Å². The summed E-state index contributed by atoms with van der Waals surface area (Å²) in [5, 5.41) is 5.45. The number of carbonyl (C=O) groups excluding carboxylic acids is 3. The van der Waals surface area contributed by atoms with Crippen LogP contribution in [0.2, 0.25) is 0 Å². The zero-order chi connectivity index (χ0) is 34.4. The zero-order valence-corrected chi connectivity index (χ0v) is 26.6. The molecule has 0 saturated heterocycles. The van der Waals surface area contributed by atoms with Gasteiger partial charge in [0.15, 0.2) is 0 Å². The van der Waals surface area contributed by atoms with E-state index in [1.165, 1.54) is 26.4 Å². The highest BCUT2D eigenvalue weighted by atomic mass is 32.2. The molecule has 9 nitrogen and oxygen atoms in total. The van der Waals surface area contributed by atoms with Crippen LogP contribution in [0.3, 0.4) is 0 Å². The Balaban J connectivity index is 1.42. The number of anilines is 1. The molecule has 2 N–H and O–H groups in total. The van der Waals surface area contributed by atoms with E-state index in [0.717, 1.165) is 30.7 Å². The van der Waals surface area contributed by atoms with E-state index in [1.807, 2.05) is 0 Å². The molecule has 5 rings (SSSR count). The van der Waals surface area contributed by atoms with Crippen molar-refractivity contribution >= 4 is 33.3 Å². The Kier molecular flexibility index (Phi) is 9.10. The lowest BCUT2D eigenvalue weighted by Gasteiger charge is -2.31. The molecule has 47 heavy (non-hydrogen) atoms. The van der Waals surface area contributed by atoms with Gasteiger partial charge in [-0.05, 0) is 85.9 Å². The van der Waals surface area contributed by atoms with Crippen molar-refractivity contribution in [3.8, 4) is 16.9 Å². The number of aryl methyl sites for hydroxylation is 2. The number of amides is 2. The molecular formula is C33H32F4N2O7S. The number of sulfone groups is 1. The van der Waals surface area contributed by atoms with Gasteiger partial charge in [0.2, 0.25) is 5.91 Å². The molecule has 0 spiro atoms. The first-order chi connectivity index (χ1) is 22.1. The molecule has 2 fully saturated rings. The summed E-state index contributed by atoms with van der Waals surface area (Å²) in [6.07, 6.45) is 2.06. The van der Waals surface area contributed by atoms with Gasteiger partial charge in [-0.2, -0.15) is 13.2 Å². The molecule has 0 heterocycles. The maximum atomic E-state index is 15.4. The Labute approximate surface area is 268 Å². The maximum absolute atomic E-state index is 15.4. The van der Waals surface area contributed by atoms with Gasteiger partial charge in [-0.1, -0.05) is 18.2 Å². The Morgan fingerprint density at radius 3 is 2.21 bits per heavy atom. The fourth-order valence-electron chi connectivity index (χ4n) is 6.87. The van der Waals surface area contributed by atoms with E-state index in [1.54, 1.807) is 26.0 Å². The first kappa shape index (κ1) is 33.9. The van der Waals surface area contributed by atoms with Crippen LogP contribution in [0, 0.1) is 37.4 Å². The van der Waals surface area contributed by atoms with Crippen LogP contribution in [0.4, 0.5) is 23.2 Å². The highest BCUT2D eigenvalue weighted by Gasteiger charge is 2.52. The van der Waals surface area contributed by atoms with E-state index in [9.17, 15) is 36.0 Å². The number of halogens is 4. The summed E-state index contributed by atoms with van der Waals surface area (Å²) < 4.78 is 88.6. The number of alkyl halides is 3. The summed E-state index contributed by atoms with van der Waals surface area (Å²) in [6.45, 7) is 3.37. The fraction of sp³-hybridized carbons (Fsp3) is 0.364. The molecule has 14 heteroatoms. The van der Waals surface area contributed by atoms with E-state index in [0.29, 0.717) is 35.1 Å². The Hall–Kier alpha value is -4.46. The highest BCUT2D eigenvalue weighted by molar-refractivity contribution is 7.92. The van der Waals surface area contributed by atoms with Gasteiger partial charge < -0.3 is 20.1 Å². The zero-order valence-electron chi connectivity index (χ0n) is 25.8. The lowest BCUT2D eigenvalue weighted by atomic mass is 9.83. The van der Waals surface area contributed by atoms with Crippen LogP contribution in [0.5, 0.6) is 5.75 Å². The van der Waals surface area contributed by atoms with E-state index >= 15 is 4.39 Å². The van der Waals surface area contributed by atoms with Crippen molar-refractivity contribution in [3.63, 3.8) is 0 Å². The number of benzene rings is 3. The molecule has 3 aromatic carbocycles. The van der Waals surface area contributed by atoms with Crippen LogP contribution in [0.15, 0.2) is 53.4 Å². The first-order valence-electron chi connectivity index (χ1n) is 14.7. The van der Waals surface area contributed by atoms with Gasteiger partial charge in [0.05, 0.1) is 36.2 Å². The average Bonchev–Trinajstić information content (AvgIpc) is 3.62. The van der Waals surface area contributed by atoms with Gasteiger partial charge in [-0.3, -0.25) is 9.59 Å². The molecule has 0 radical (unpaired) electrons. The van der Waals surface area contributed by atoms with Crippen LogP contribution in [-0.2, 0) is 19.4 Å². The predicted molar refractivity (Wildman–Crippen MR) is 163 cm³/mol. The Morgan fingerprint density at radius 2 is 1.60 bits per heavy atom. The quantitative estimate of drug-likeness (QED) is 0.222. The number of nitrogens with one attached hydrogen (secondary N) is 2. The summed E-state index contributed by atoms with van der Waals surface area (Å²) in [5.74, 6) is -3.42. The number of methoxy groups -OCH3 is 2. The molecule has 2 aliphatic carbocycles. The second-order valence-electron chi connectivity index (χ2n) is 11.8. The monoisotopic (exact) mass is 676 g/mol. The molecule has 250 valence electrons. The fourth-order valence-corrected chi connectivity index (χ4v) is 7.68. The van der Waals surface area contributed by atoms with Crippen molar-refractivity contribution in [2.45, 2.75) is 49.6 Å². The average molecular weight is 677 g/mol. The molecule has 0 aromatic heterocycles. The molecule has 2 bridgehead atoms. The number of carbonyl (C=O) groups is 3. The molecule has 3 aromatic rings. The second-order valence-corrected chi connectivity index (χ2v) is 13.8. The second kappa shape index (κ2) is 12.6. The summed E-state index contributed by atoms with van der Waals surface area (Å²) in [6, 6.07) is 8.88. The van der Waals surface area contributed by atoms with Crippen LogP contribution in [0.1, 0.15) is 51.1 Å². The Bertz CT molecular complexity index is 1850. The summed E-state index contributed by atoms with van der Waals surface area (Å²) in [4.78, 5) is 38.5. The smallest absolute Gasteiger partial charge is 0.496 e. The van der Waals surface area contributed by atoms with Crippen LogP contribution >= 0.6 is 0 Å². The third-order valence-corrected chi connectivity index (χ3v) is 10.5. The van der Waals surface area contributed by atoms with Crippen LogP contribution in [-0.4, -0.2) is 52.0 Å². The number of hydrogen-bond donors (Lipinski definition) is 2. The first-order valence-corrected chi connectivity index (χ1v) is 16.2. The number of hydrogen-bond acceptors (Lipinski definition) is 7. The molecule has 2 saturated carbocycles. The van der Waals surface area contributed by atoms with Crippen molar-refractivity contribution in [3.05, 3.63) is 76.6 Å². The molecule has 0 unspecified atom stereocenters. The number of esters is 1. The number of fused-ring (bicyclic) bond motifs is 2. The van der Waals surface area contributed by atoms with E-state index in [2.05, 4.69) is 10.6 Å². The maximum Gasteiger partial charge on any atom is 0.501 e. The van der Waals surface area contributed by atoms with Crippen LogP contribution in [0.25, 0.3) is 11.1 Å². The van der Waals surface area contributed by atoms with Crippen molar-refractivity contribution in [2.75, 3.05) is 19.5 Å². The molecule has 0 aliphatic heterocycles. The van der Waals surface area contributed by atoms with E-state index in [4.69, 9.17) is 9.47 Å². The molecule has 2 amide bonds. The van der Waals surface area contributed by atoms with Crippen molar-refractivity contribution in [1.29, 1.82) is 0 Å². The van der Waals surface area contributed by atoms with Crippen LogP contribution < -0.4 is 15.4 Å². The lowest BCUT2D eigenvalue weighted by Crippen LogP contribution is -2.48. The topological polar surface area (TPSA) is 128 Å². The summed E-state index contributed by atoms with van der Waals surface area (Å²) in [7, 11) is -3.09. The van der Waals surface area contributed by atoms with Crippen molar-refractivity contribution < 1.29 is 49.8 Å². The van der Waals surface area contributed by atoms with Gasteiger partial charge in [-0.15, -0.1) is 0 Å². The largest absolute Gasteiger partial charge is 0.501 e. The minimum absolute atomic E-state index is 0.00300. The highest BCUT2D eigenvalue weighted by Crippen LogP contribution is 2.49. The van der Waals surface area contributed by atoms with Crippen molar-refractivity contribution in [1.82, 2.24) is 5.32 Å². The van der Waals surface area contributed by atoms with Gasteiger partial charge in [0.1, 0.15) is 11.6 Å². The third-order valence-electron chi connectivity index (χ3n) is 9.00. The molecule has 4 atom stereocenters. The number of rotatable bonds is 8.